The van der Waals surface area contributed by atoms with Crippen LogP contribution in [0.3, 0.4) is 0 Å². The zero-order valence-electron chi connectivity index (χ0n) is 7.93. The third-order valence-corrected chi connectivity index (χ3v) is 2.47. The van der Waals surface area contributed by atoms with Crippen LogP contribution in [0.5, 0.6) is 0 Å². The summed E-state index contributed by atoms with van der Waals surface area (Å²) >= 11 is 1.23. The number of carboxylic acids is 1. The Morgan fingerprint density at radius 1 is 1.79 bits per heavy atom. The molecule has 5 nitrogen and oxygen atoms in total. The maximum Gasteiger partial charge on any atom is 0.308 e. The molecule has 0 spiro atoms. The summed E-state index contributed by atoms with van der Waals surface area (Å²) in [5.74, 6) is -1.10. The number of carboxylic acid groups (broad SMARTS) is 1. The molecule has 0 radical (unpaired) electrons. The lowest BCUT2D eigenvalue weighted by Crippen LogP contribution is -2.22. The smallest absolute Gasteiger partial charge is 0.308 e. The maximum absolute atomic E-state index is 10.8. The molecule has 78 valence electrons. The van der Waals surface area contributed by atoms with E-state index in [1.807, 2.05) is 6.92 Å². The Balaban J connectivity index is 2.37. The molecule has 0 aliphatic rings. The molecule has 0 bridgehead atoms. The van der Waals surface area contributed by atoms with Gasteiger partial charge < -0.3 is 10.4 Å². The van der Waals surface area contributed by atoms with Crippen molar-refractivity contribution in [2.45, 2.75) is 19.8 Å². The van der Waals surface area contributed by atoms with Crippen LogP contribution in [-0.2, 0) is 4.79 Å². The molecular weight excluding hydrogens is 202 g/mol. The Labute approximate surface area is 86.3 Å². The third kappa shape index (κ3) is 3.29. The van der Waals surface area contributed by atoms with E-state index in [0.29, 0.717) is 18.1 Å². The zero-order valence-corrected chi connectivity index (χ0v) is 8.75. The van der Waals surface area contributed by atoms with Crippen LogP contribution in [0.1, 0.15) is 19.8 Å². The molecule has 0 fully saturated rings. The van der Waals surface area contributed by atoms with Gasteiger partial charge in [-0.25, -0.2) is 4.98 Å². The SMILES string of the molecule is CCCC(CNc1ncns1)C(=O)O. The van der Waals surface area contributed by atoms with E-state index in [0.717, 1.165) is 6.42 Å². The molecule has 0 aromatic carbocycles. The van der Waals surface area contributed by atoms with Gasteiger partial charge in [0.25, 0.3) is 0 Å². The molecule has 0 saturated heterocycles. The summed E-state index contributed by atoms with van der Waals surface area (Å²) in [6.45, 7) is 2.39. The van der Waals surface area contributed by atoms with E-state index in [1.54, 1.807) is 0 Å². The Hall–Kier alpha value is -1.17. The fourth-order valence-electron chi connectivity index (χ4n) is 1.12. The summed E-state index contributed by atoms with van der Waals surface area (Å²) < 4.78 is 3.81. The van der Waals surface area contributed by atoms with Crippen molar-refractivity contribution in [3.05, 3.63) is 6.33 Å². The van der Waals surface area contributed by atoms with Gasteiger partial charge in [0.15, 0.2) is 0 Å². The van der Waals surface area contributed by atoms with Crippen molar-refractivity contribution >= 4 is 22.6 Å². The van der Waals surface area contributed by atoms with Crippen molar-refractivity contribution in [3.8, 4) is 0 Å². The molecule has 0 amide bonds. The van der Waals surface area contributed by atoms with Crippen LogP contribution >= 0.6 is 11.5 Å². The molecule has 1 atom stereocenters. The monoisotopic (exact) mass is 215 g/mol. The van der Waals surface area contributed by atoms with Crippen LogP contribution < -0.4 is 5.32 Å². The lowest BCUT2D eigenvalue weighted by Gasteiger charge is -2.10. The van der Waals surface area contributed by atoms with E-state index in [9.17, 15) is 4.79 Å². The van der Waals surface area contributed by atoms with Gasteiger partial charge in [-0.3, -0.25) is 4.79 Å². The van der Waals surface area contributed by atoms with E-state index in [-0.39, 0.29) is 5.92 Å². The summed E-state index contributed by atoms with van der Waals surface area (Å²) in [6.07, 6.45) is 3.00. The van der Waals surface area contributed by atoms with Crippen molar-refractivity contribution in [2.24, 2.45) is 5.92 Å². The van der Waals surface area contributed by atoms with Crippen molar-refractivity contribution in [1.29, 1.82) is 0 Å². The molecule has 0 saturated carbocycles. The number of carbonyl (C=O) groups is 1. The van der Waals surface area contributed by atoms with Crippen LogP contribution in [0.4, 0.5) is 5.13 Å². The maximum atomic E-state index is 10.8. The van der Waals surface area contributed by atoms with Crippen LogP contribution in [0.25, 0.3) is 0 Å². The van der Waals surface area contributed by atoms with E-state index in [2.05, 4.69) is 14.7 Å². The highest BCUT2D eigenvalue weighted by Gasteiger charge is 2.16. The topological polar surface area (TPSA) is 75.1 Å². The van der Waals surface area contributed by atoms with Crippen molar-refractivity contribution in [1.82, 2.24) is 9.36 Å². The minimum Gasteiger partial charge on any atom is -0.481 e. The zero-order chi connectivity index (χ0) is 10.4. The number of nitrogens with zero attached hydrogens (tertiary/aromatic N) is 2. The number of hydrogen-bond acceptors (Lipinski definition) is 5. The molecule has 6 heteroatoms. The van der Waals surface area contributed by atoms with Crippen LogP contribution in [0.2, 0.25) is 0 Å². The summed E-state index contributed by atoms with van der Waals surface area (Å²) in [5, 5.41) is 12.5. The number of aliphatic carboxylic acids is 1. The van der Waals surface area contributed by atoms with Crippen molar-refractivity contribution in [2.75, 3.05) is 11.9 Å². The Kier molecular flexibility index (Phi) is 4.31. The van der Waals surface area contributed by atoms with Gasteiger partial charge in [0.05, 0.1) is 5.92 Å². The number of anilines is 1. The van der Waals surface area contributed by atoms with E-state index >= 15 is 0 Å². The molecule has 14 heavy (non-hydrogen) atoms. The number of rotatable bonds is 6. The second-order valence-corrected chi connectivity index (χ2v) is 3.73. The molecule has 0 aliphatic carbocycles. The summed E-state index contributed by atoms with van der Waals surface area (Å²) in [4.78, 5) is 14.7. The molecule has 1 rings (SSSR count). The number of hydrogen-bond donors (Lipinski definition) is 2. The predicted molar refractivity (Wildman–Crippen MR) is 54.4 cm³/mol. The first kappa shape index (κ1) is 10.9. The van der Waals surface area contributed by atoms with Gasteiger partial charge >= 0.3 is 5.97 Å². The van der Waals surface area contributed by atoms with E-state index in [4.69, 9.17) is 5.11 Å². The highest BCUT2D eigenvalue weighted by atomic mass is 32.1. The predicted octanol–water partition coefficient (Wildman–Crippen LogP) is 1.45. The molecular formula is C8H13N3O2S. The molecule has 1 aromatic rings. The standard InChI is InChI=1S/C8H13N3O2S/c1-2-3-6(7(12)13)4-9-8-10-5-11-14-8/h5-6H,2-4H2,1H3,(H,12,13)(H,9,10,11). The average Bonchev–Trinajstić information content (AvgIpc) is 2.64. The van der Waals surface area contributed by atoms with Crippen molar-refractivity contribution < 1.29 is 9.90 Å². The van der Waals surface area contributed by atoms with Gasteiger partial charge in [-0.15, -0.1) is 0 Å². The largest absolute Gasteiger partial charge is 0.481 e. The summed E-state index contributed by atoms with van der Waals surface area (Å²) in [6, 6.07) is 0. The van der Waals surface area contributed by atoms with Gasteiger partial charge in [0, 0.05) is 18.1 Å². The first-order chi connectivity index (χ1) is 6.74. The minimum atomic E-state index is -0.760. The fourth-order valence-corrected chi connectivity index (χ4v) is 1.56. The summed E-state index contributed by atoms with van der Waals surface area (Å²) in [7, 11) is 0. The van der Waals surface area contributed by atoms with E-state index < -0.39 is 5.97 Å². The lowest BCUT2D eigenvalue weighted by atomic mass is 10.0. The van der Waals surface area contributed by atoms with Gasteiger partial charge in [0.2, 0.25) is 5.13 Å². The number of nitrogens with one attached hydrogen (secondary N) is 1. The second kappa shape index (κ2) is 5.54. The van der Waals surface area contributed by atoms with Crippen LogP contribution in [0.15, 0.2) is 6.33 Å². The first-order valence-corrected chi connectivity index (χ1v) is 5.24. The van der Waals surface area contributed by atoms with Gasteiger partial charge in [-0.1, -0.05) is 13.3 Å². The van der Waals surface area contributed by atoms with Gasteiger partial charge in [-0.2, -0.15) is 4.37 Å². The second-order valence-electron chi connectivity index (χ2n) is 2.95. The molecule has 1 unspecified atom stereocenters. The lowest BCUT2D eigenvalue weighted by molar-refractivity contribution is -0.141. The molecule has 0 aliphatic heterocycles. The molecule has 2 N–H and O–H groups in total. The molecule has 1 aromatic heterocycles. The highest BCUT2D eigenvalue weighted by molar-refractivity contribution is 7.09. The Morgan fingerprint density at radius 3 is 3.07 bits per heavy atom. The van der Waals surface area contributed by atoms with Gasteiger partial charge in [-0.05, 0) is 6.42 Å². The molecule has 1 heterocycles. The Morgan fingerprint density at radius 2 is 2.57 bits per heavy atom. The van der Waals surface area contributed by atoms with Gasteiger partial charge in [0.1, 0.15) is 6.33 Å². The quantitative estimate of drug-likeness (QED) is 0.751. The number of aromatic nitrogens is 2. The summed E-state index contributed by atoms with van der Waals surface area (Å²) in [5.41, 5.74) is 0. The minimum absolute atomic E-state index is 0.344. The van der Waals surface area contributed by atoms with Crippen LogP contribution in [0, 0.1) is 5.92 Å². The van der Waals surface area contributed by atoms with Crippen LogP contribution in [-0.4, -0.2) is 27.0 Å². The van der Waals surface area contributed by atoms with E-state index in [1.165, 1.54) is 17.9 Å². The Bertz CT molecular complexity index is 276. The first-order valence-electron chi connectivity index (χ1n) is 4.47. The fraction of sp³-hybridized carbons (Fsp3) is 0.625. The normalized spacial score (nSPS) is 12.4. The van der Waals surface area contributed by atoms with Crippen molar-refractivity contribution in [3.63, 3.8) is 0 Å². The average molecular weight is 215 g/mol. The third-order valence-electron chi connectivity index (χ3n) is 1.85. The highest BCUT2D eigenvalue weighted by Crippen LogP contribution is 2.11.